The van der Waals surface area contributed by atoms with Crippen molar-refractivity contribution in [2.45, 2.75) is 32.4 Å². The third kappa shape index (κ3) is 5.82. The summed E-state index contributed by atoms with van der Waals surface area (Å²) in [6.45, 7) is 4.20. The maximum Gasteiger partial charge on any atom is 0.320 e. The zero-order chi connectivity index (χ0) is 8.85. The molecular weight excluding hydrogens is 146 g/mol. The van der Waals surface area contributed by atoms with E-state index in [1.807, 2.05) is 13.8 Å². The molecule has 0 aromatic rings. The highest BCUT2D eigenvalue weighted by Crippen LogP contribution is 1.93. The topological polar surface area (TPSA) is 72.5 Å². The van der Waals surface area contributed by atoms with E-state index in [0.717, 1.165) is 0 Å². The molecule has 1 atom stereocenters. The Morgan fingerprint density at radius 3 is 2.55 bits per heavy atom. The van der Waals surface area contributed by atoms with Crippen LogP contribution in [0, 0.1) is 0 Å². The molecule has 0 aliphatic heterocycles. The monoisotopic (exact) mass is 161 g/mol. The van der Waals surface area contributed by atoms with E-state index in [4.69, 9.17) is 15.6 Å². The van der Waals surface area contributed by atoms with Gasteiger partial charge in [-0.25, -0.2) is 0 Å². The number of carbonyl (C=O) groups is 1. The van der Waals surface area contributed by atoms with E-state index < -0.39 is 12.0 Å². The van der Waals surface area contributed by atoms with Crippen LogP contribution >= 0.6 is 0 Å². The maximum atomic E-state index is 10.2. The first-order valence-corrected chi connectivity index (χ1v) is 3.64. The first-order valence-electron chi connectivity index (χ1n) is 3.64. The molecular formula is C7H15NO3. The summed E-state index contributed by atoms with van der Waals surface area (Å²) in [5.41, 5.74) is 5.22. The van der Waals surface area contributed by atoms with Crippen LogP contribution in [0.5, 0.6) is 0 Å². The van der Waals surface area contributed by atoms with Gasteiger partial charge in [-0.1, -0.05) is 0 Å². The molecule has 4 nitrogen and oxygen atoms in total. The van der Waals surface area contributed by atoms with Crippen LogP contribution < -0.4 is 5.73 Å². The zero-order valence-electron chi connectivity index (χ0n) is 6.91. The molecule has 3 N–H and O–H groups in total. The molecule has 4 heteroatoms. The number of hydrogen-bond donors (Lipinski definition) is 2. The predicted molar refractivity (Wildman–Crippen MR) is 41.3 cm³/mol. The Hall–Kier alpha value is -0.610. The molecule has 0 fully saturated rings. The molecule has 0 bridgehead atoms. The number of hydrogen-bond acceptors (Lipinski definition) is 3. The summed E-state index contributed by atoms with van der Waals surface area (Å²) in [4.78, 5) is 10.2. The second-order valence-electron chi connectivity index (χ2n) is 2.65. The van der Waals surface area contributed by atoms with E-state index in [1.54, 1.807) is 0 Å². The molecule has 0 amide bonds. The summed E-state index contributed by atoms with van der Waals surface area (Å²) in [6, 6.07) is -0.797. The van der Waals surface area contributed by atoms with Crippen molar-refractivity contribution in [3.05, 3.63) is 0 Å². The van der Waals surface area contributed by atoms with Crippen LogP contribution in [0.1, 0.15) is 20.3 Å². The van der Waals surface area contributed by atoms with Crippen molar-refractivity contribution >= 4 is 5.97 Å². The summed E-state index contributed by atoms with van der Waals surface area (Å²) in [7, 11) is 0. The van der Waals surface area contributed by atoms with Gasteiger partial charge in [-0.3, -0.25) is 4.79 Å². The number of ether oxygens (including phenoxy) is 1. The number of carboxylic acids is 1. The Kier molecular flexibility index (Phi) is 4.81. The smallest absolute Gasteiger partial charge is 0.320 e. The van der Waals surface area contributed by atoms with Crippen molar-refractivity contribution in [1.29, 1.82) is 0 Å². The molecule has 0 aromatic carbocycles. The number of nitrogens with two attached hydrogens (primary N) is 1. The molecule has 0 aromatic heterocycles. The summed E-state index contributed by atoms with van der Waals surface area (Å²) in [5, 5.41) is 8.37. The lowest BCUT2D eigenvalue weighted by Gasteiger charge is -2.09. The zero-order valence-corrected chi connectivity index (χ0v) is 6.91. The van der Waals surface area contributed by atoms with E-state index >= 15 is 0 Å². The molecule has 0 aliphatic carbocycles. The molecule has 11 heavy (non-hydrogen) atoms. The van der Waals surface area contributed by atoms with Crippen LogP contribution in [-0.2, 0) is 9.53 Å². The Bertz CT molecular complexity index is 125. The molecule has 0 saturated heterocycles. The van der Waals surface area contributed by atoms with Crippen LogP contribution in [0.3, 0.4) is 0 Å². The van der Waals surface area contributed by atoms with Crippen molar-refractivity contribution in [2.75, 3.05) is 6.61 Å². The molecule has 0 unspecified atom stereocenters. The minimum atomic E-state index is -0.975. The molecule has 0 radical (unpaired) electrons. The van der Waals surface area contributed by atoms with Crippen LogP contribution in [0.2, 0.25) is 0 Å². The maximum absolute atomic E-state index is 10.2. The highest BCUT2D eigenvalue weighted by molar-refractivity contribution is 5.72. The van der Waals surface area contributed by atoms with E-state index in [0.29, 0.717) is 13.0 Å². The number of carboxylic acid groups (broad SMARTS) is 1. The lowest BCUT2D eigenvalue weighted by atomic mass is 10.2. The summed E-state index contributed by atoms with van der Waals surface area (Å²) >= 11 is 0. The van der Waals surface area contributed by atoms with Gasteiger partial charge >= 0.3 is 5.97 Å². The minimum Gasteiger partial charge on any atom is -0.480 e. The largest absolute Gasteiger partial charge is 0.480 e. The van der Waals surface area contributed by atoms with Crippen molar-refractivity contribution in [3.63, 3.8) is 0 Å². The predicted octanol–water partition coefficient (Wildman–Crippen LogP) is 0.213. The van der Waals surface area contributed by atoms with Crippen molar-refractivity contribution in [1.82, 2.24) is 0 Å². The van der Waals surface area contributed by atoms with Gasteiger partial charge in [-0.2, -0.15) is 0 Å². The highest BCUT2D eigenvalue weighted by atomic mass is 16.5. The first kappa shape index (κ1) is 10.4. The van der Waals surface area contributed by atoms with Gasteiger partial charge in [0, 0.05) is 6.61 Å². The average Bonchev–Trinajstić information content (AvgIpc) is 1.86. The lowest BCUT2D eigenvalue weighted by molar-refractivity contribution is -0.139. The standard InChI is InChI=1S/C7H15NO3/c1-5(2)11-4-3-6(8)7(9)10/h5-6H,3-4,8H2,1-2H3,(H,9,10)/t6-/m0/s1. The van der Waals surface area contributed by atoms with Crippen LogP contribution in [-0.4, -0.2) is 29.8 Å². The molecule has 66 valence electrons. The molecule has 0 aliphatic rings. The average molecular weight is 161 g/mol. The van der Waals surface area contributed by atoms with E-state index in [2.05, 4.69) is 0 Å². The summed E-state index contributed by atoms with van der Waals surface area (Å²) in [6.07, 6.45) is 0.504. The van der Waals surface area contributed by atoms with E-state index in [1.165, 1.54) is 0 Å². The molecule has 0 spiro atoms. The minimum absolute atomic E-state index is 0.135. The van der Waals surface area contributed by atoms with Crippen LogP contribution in [0.25, 0.3) is 0 Å². The second kappa shape index (κ2) is 5.09. The Labute approximate surface area is 66.3 Å². The SMILES string of the molecule is CC(C)OCC[C@H](N)C(=O)O. The van der Waals surface area contributed by atoms with Crippen molar-refractivity contribution < 1.29 is 14.6 Å². The third-order valence-corrected chi connectivity index (χ3v) is 1.20. The summed E-state index contributed by atoms with van der Waals surface area (Å²) in [5.74, 6) is -0.975. The highest BCUT2D eigenvalue weighted by Gasteiger charge is 2.10. The van der Waals surface area contributed by atoms with Crippen LogP contribution in [0.4, 0.5) is 0 Å². The third-order valence-electron chi connectivity index (χ3n) is 1.20. The first-order chi connectivity index (χ1) is 5.04. The van der Waals surface area contributed by atoms with Gasteiger partial charge in [0.1, 0.15) is 6.04 Å². The lowest BCUT2D eigenvalue weighted by Crippen LogP contribution is -2.31. The van der Waals surface area contributed by atoms with Crippen molar-refractivity contribution in [2.24, 2.45) is 5.73 Å². The quantitative estimate of drug-likeness (QED) is 0.604. The van der Waals surface area contributed by atoms with Gasteiger partial charge < -0.3 is 15.6 Å². The van der Waals surface area contributed by atoms with Gasteiger partial charge in [0.05, 0.1) is 6.10 Å². The van der Waals surface area contributed by atoms with Gasteiger partial charge in [-0.05, 0) is 20.3 Å². The van der Waals surface area contributed by atoms with Crippen molar-refractivity contribution in [3.8, 4) is 0 Å². The Balaban J connectivity index is 3.31. The molecule has 0 saturated carbocycles. The van der Waals surface area contributed by atoms with E-state index in [9.17, 15) is 4.79 Å². The number of aliphatic carboxylic acids is 1. The Morgan fingerprint density at radius 1 is 1.64 bits per heavy atom. The Morgan fingerprint density at radius 2 is 2.18 bits per heavy atom. The van der Waals surface area contributed by atoms with Gasteiger partial charge in [0.25, 0.3) is 0 Å². The van der Waals surface area contributed by atoms with E-state index in [-0.39, 0.29) is 6.10 Å². The molecule has 0 rings (SSSR count). The van der Waals surface area contributed by atoms with Gasteiger partial charge in [0.2, 0.25) is 0 Å². The summed E-state index contributed by atoms with van der Waals surface area (Å²) < 4.78 is 5.12. The second-order valence-corrected chi connectivity index (χ2v) is 2.65. The normalized spacial score (nSPS) is 13.5. The fraction of sp³-hybridized carbons (Fsp3) is 0.857. The fourth-order valence-electron chi connectivity index (χ4n) is 0.554. The number of rotatable bonds is 5. The van der Waals surface area contributed by atoms with Gasteiger partial charge in [-0.15, -0.1) is 0 Å². The van der Waals surface area contributed by atoms with Gasteiger partial charge in [0.15, 0.2) is 0 Å². The molecule has 0 heterocycles. The fourth-order valence-corrected chi connectivity index (χ4v) is 0.554. The van der Waals surface area contributed by atoms with Crippen LogP contribution in [0.15, 0.2) is 0 Å².